The van der Waals surface area contributed by atoms with Crippen molar-refractivity contribution >= 4 is 45.8 Å². The van der Waals surface area contributed by atoms with Crippen molar-refractivity contribution in [3.05, 3.63) is 26.8 Å². The number of benzene rings is 1. The number of anilines is 1. The predicted molar refractivity (Wildman–Crippen MR) is 78.4 cm³/mol. The number of carbonyl (C=O) groups excluding carboxylic acids is 1. The van der Waals surface area contributed by atoms with Gasteiger partial charge in [-0.1, -0.05) is 18.5 Å². The van der Waals surface area contributed by atoms with Crippen LogP contribution in [0.4, 0.5) is 5.69 Å². The average molecular weight is 365 g/mol. The summed E-state index contributed by atoms with van der Waals surface area (Å²) in [5.41, 5.74) is 0.685. The summed E-state index contributed by atoms with van der Waals surface area (Å²) >= 11 is 8.24. The zero-order valence-corrected chi connectivity index (χ0v) is 12.4. The lowest BCUT2D eigenvalue weighted by Gasteiger charge is -2.16. The molecule has 0 aliphatic carbocycles. The zero-order valence-electron chi connectivity index (χ0n) is 9.47. The third kappa shape index (κ3) is 3.11. The summed E-state index contributed by atoms with van der Waals surface area (Å²) in [6, 6.07) is 5.48. The van der Waals surface area contributed by atoms with Crippen LogP contribution in [0, 0.1) is 9.49 Å². The van der Waals surface area contributed by atoms with Gasteiger partial charge in [-0.15, -0.1) is 0 Å². The Bertz CT molecular complexity index is 439. The molecule has 5 heteroatoms. The van der Waals surface area contributed by atoms with E-state index in [1.807, 2.05) is 12.1 Å². The number of carbonyl (C=O) groups is 1. The number of amides is 1. The first kappa shape index (κ1) is 13.1. The van der Waals surface area contributed by atoms with E-state index in [1.54, 1.807) is 6.07 Å². The van der Waals surface area contributed by atoms with E-state index in [0.29, 0.717) is 16.6 Å². The summed E-state index contributed by atoms with van der Waals surface area (Å²) in [7, 11) is 0. The smallest absolute Gasteiger partial charge is 0.241 e. The topological polar surface area (TPSA) is 41.1 Å². The van der Waals surface area contributed by atoms with Crippen molar-refractivity contribution in [2.24, 2.45) is 5.92 Å². The van der Waals surface area contributed by atoms with E-state index < -0.39 is 0 Å². The number of hydrogen-bond acceptors (Lipinski definition) is 2. The highest BCUT2D eigenvalue weighted by Gasteiger charge is 2.29. The van der Waals surface area contributed by atoms with Crippen LogP contribution >= 0.6 is 34.2 Å². The minimum absolute atomic E-state index is 0.00102. The second-order valence-corrected chi connectivity index (χ2v) is 5.96. The first-order valence-electron chi connectivity index (χ1n) is 5.57. The number of nitrogens with one attached hydrogen (secondary N) is 2. The molecule has 3 nitrogen and oxygen atoms in total. The Morgan fingerprint density at radius 1 is 1.59 bits per heavy atom. The summed E-state index contributed by atoms with van der Waals surface area (Å²) < 4.78 is 1.05. The molecule has 0 aromatic heterocycles. The second-order valence-electron chi connectivity index (χ2n) is 4.31. The van der Waals surface area contributed by atoms with Gasteiger partial charge in [0.15, 0.2) is 0 Å². The van der Waals surface area contributed by atoms with Crippen LogP contribution in [0.15, 0.2) is 18.2 Å². The third-order valence-corrected chi connectivity index (χ3v) is 4.00. The van der Waals surface area contributed by atoms with Gasteiger partial charge in [-0.2, -0.15) is 0 Å². The molecule has 1 aliphatic heterocycles. The minimum atomic E-state index is -0.107. The van der Waals surface area contributed by atoms with Gasteiger partial charge in [0.05, 0.1) is 16.8 Å². The van der Waals surface area contributed by atoms with Crippen molar-refractivity contribution in [1.29, 1.82) is 0 Å². The lowest BCUT2D eigenvalue weighted by atomic mass is 10.0. The van der Waals surface area contributed by atoms with E-state index >= 15 is 0 Å². The summed E-state index contributed by atoms with van der Waals surface area (Å²) in [5, 5.41) is 6.66. The normalized spacial score (nSPS) is 23.7. The van der Waals surface area contributed by atoms with Gasteiger partial charge in [-0.25, -0.2) is 0 Å². The number of hydrogen-bond donors (Lipinski definition) is 2. The average Bonchev–Trinajstić information content (AvgIpc) is 2.70. The molecule has 1 heterocycles. The van der Waals surface area contributed by atoms with Crippen LogP contribution in [0.25, 0.3) is 0 Å². The van der Waals surface area contributed by atoms with Crippen LogP contribution in [-0.2, 0) is 4.79 Å². The van der Waals surface area contributed by atoms with Gasteiger partial charge in [-0.3, -0.25) is 4.79 Å². The summed E-state index contributed by atoms with van der Waals surface area (Å²) in [5.74, 6) is 0.371. The van der Waals surface area contributed by atoms with Crippen LogP contribution in [0.1, 0.15) is 13.3 Å². The van der Waals surface area contributed by atoms with Crippen molar-refractivity contribution in [2.45, 2.75) is 19.4 Å². The third-order valence-electron chi connectivity index (χ3n) is 3.00. The fourth-order valence-corrected chi connectivity index (χ4v) is 2.65. The van der Waals surface area contributed by atoms with Crippen molar-refractivity contribution in [1.82, 2.24) is 5.32 Å². The molecule has 1 saturated heterocycles. The molecule has 17 heavy (non-hydrogen) atoms. The zero-order chi connectivity index (χ0) is 12.4. The summed E-state index contributed by atoms with van der Waals surface area (Å²) in [6.07, 6.45) is 1.04. The van der Waals surface area contributed by atoms with Gasteiger partial charge in [0, 0.05) is 3.57 Å². The standard InChI is InChI=1S/C12H14ClIN2O/c1-7-4-5-15-11(7)12(17)16-10-6-8(14)2-3-9(10)13/h2-3,6-7,11,15H,4-5H2,1H3,(H,16,17). The molecule has 1 fully saturated rings. The van der Waals surface area contributed by atoms with E-state index in [0.717, 1.165) is 16.5 Å². The van der Waals surface area contributed by atoms with Crippen molar-refractivity contribution in [3.63, 3.8) is 0 Å². The number of rotatable bonds is 2. The van der Waals surface area contributed by atoms with Gasteiger partial charge >= 0.3 is 0 Å². The van der Waals surface area contributed by atoms with Gasteiger partial charge in [-0.05, 0) is 59.7 Å². The van der Waals surface area contributed by atoms with E-state index in [2.05, 4.69) is 40.1 Å². The maximum atomic E-state index is 12.1. The Hall–Kier alpha value is -0.330. The van der Waals surface area contributed by atoms with Gasteiger partial charge in [0.2, 0.25) is 5.91 Å². The second kappa shape index (κ2) is 5.54. The predicted octanol–water partition coefficient (Wildman–Crippen LogP) is 2.88. The first-order chi connectivity index (χ1) is 8.08. The summed E-state index contributed by atoms with van der Waals surface area (Å²) in [6.45, 7) is 2.99. The van der Waals surface area contributed by atoms with Gasteiger partial charge < -0.3 is 10.6 Å². The molecular weight excluding hydrogens is 351 g/mol. The van der Waals surface area contributed by atoms with Gasteiger partial charge in [0.25, 0.3) is 0 Å². The van der Waals surface area contributed by atoms with Crippen LogP contribution < -0.4 is 10.6 Å². The van der Waals surface area contributed by atoms with E-state index in [1.165, 1.54) is 0 Å². The monoisotopic (exact) mass is 364 g/mol. The molecular formula is C12H14ClIN2O. The molecule has 2 unspecified atom stereocenters. The molecule has 2 N–H and O–H groups in total. The molecule has 0 spiro atoms. The van der Waals surface area contributed by atoms with Crippen molar-refractivity contribution < 1.29 is 4.79 Å². The molecule has 1 aromatic carbocycles. The van der Waals surface area contributed by atoms with E-state index in [-0.39, 0.29) is 11.9 Å². The molecule has 2 rings (SSSR count). The maximum absolute atomic E-state index is 12.1. The minimum Gasteiger partial charge on any atom is -0.323 e. The Labute approximate surface area is 119 Å². The van der Waals surface area contributed by atoms with Crippen LogP contribution in [0.2, 0.25) is 5.02 Å². The Morgan fingerprint density at radius 3 is 3.00 bits per heavy atom. The molecule has 0 radical (unpaired) electrons. The summed E-state index contributed by atoms with van der Waals surface area (Å²) in [4.78, 5) is 12.1. The van der Waals surface area contributed by atoms with Crippen LogP contribution in [0.5, 0.6) is 0 Å². The molecule has 0 saturated carbocycles. The molecule has 92 valence electrons. The van der Waals surface area contributed by atoms with Crippen molar-refractivity contribution in [2.75, 3.05) is 11.9 Å². The van der Waals surface area contributed by atoms with Crippen LogP contribution in [-0.4, -0.2) is 18.5 Å². The fraction of sp³-hybridized carbons (Fsp3) is 0.417. The lowest BCUT2D eigenvalue weighted by molar-refractivity contribution is -0.118. The highest BCUT2D eigenvalue weighted by Crippen LogP contribution is 2.25. The van der Waals surface area contributed by atoms with E-state index in [9.17, 15) is 4.79 Å². The fourth-order valence-electron chi connectivity index (χ4n) is 1.99. The first-order valence-corrected chi connectivity index (χ1v) is 7.03. The molecule has 1 amide bonds. The lowest BCUT2D eigenvalue weighted by Crippen LogP contribution is -2.39. The Kier molecular flexibility index (Phi) is 4.27. The maximum Gasteiger partial charge on any atom is 0.241 e. The number of halogens is 2. The highest BCUT2D eigenvalue weighted by atomic mass is 127. The Morgan fingerprint density at radius 2 is 2.35 bits per heavy atom. The van der Waals surface area contributed by atoms with Crippen molar-refractivity contribution in [3.8, 4) is 0 Å². The molecule has 1 aliphatic rings. The van der Waals surface area contributed by atoms with Gasteiger partial charge in [0.1, 0.15) is 0 Å². The van der Waals surface area contributed by atoms with E-state index in [4.69, 9.17) is 11.6 Å². The molecule has 1 aromatic rings. The molecule has 0 bridgehead atoms. The Balaban J connectivity index is 2.10. The largest absolute Gasteiger partial charge is 0.323 e. The quantitative estimate of drug-likeness (QED) is 0.792. The van der Waals surface area contributed by atoms with Crippen LogP contribution in [0.3, 0.4) is 0 Å². The SMILES string of the molecule is CC1CCNC1C(=O)Nc1cc(I)ccc1Cl. The molecule has 2 atom stereocenters. The highest BCUT2D eigenvalue weighted by molar-refractivity contribution is 14.1.